The van der Waals surface area contributed by atoms with Gasteiger partial charge in [-0.1, -0.05) is 18.9 Å². The van der Waals surface area contributed by atoms with Gasteiger partial charge in [0.1, 0.15) is 5.78 Å². The van der Waals surface area contributed by atoms with Gasteiger partial charge in [-0.2, -0.15) is 0 Å². The van der Waals surface area contributed by atoms with Crippen LogP contribution in [0.4, 0.5) is 0 Å². The van der Waals surface area contributed by atoms with Gasteiger partial charge >= 0.3 is 0 Å². The molecule has 2 aliphatic rings. The third kappa shape index (κ3) is 1.56. The summed E-state index contributed by atoms with van der Waals surface area (Å²) in [6, 6.07) is 0. The molecule has 2 bridgehead atoms. The van der Waals surface area contributed by atoms with Gasteiger partial charge < -0.3 is 0 Å². The fraction of sp³-hybridized carbons (Fsp3) is 0.750. The van der Waals surface area contributed by atoms with Crippen LogP contribution in [0.5, 0.6) is 0 Å². The number of carbonyl (C=O) groups is 1. The fourth-order valence-corrected chi connectivity index (χ4v) is 3.00. The summed E-state index contributed by atoms with van der Waals surface area (Å²) in [5.41, 5.74) is 0. The number of ketones is 1. The number of Topliss-reactive ketones (excluding diaryl/α,β-unsaturated/α-hetero) is 1. The van der Waals surface area contributed by atoms with Crippen molar-refractivity contribution < 1.29 is 4.79 Å². The lowest BCUT2D eigenvalue weighted by atomic mass is 9.85. The number of hydrogen-bond acceptors (Lipinski definition) is 1. The molecular formula is C12H18O. The zero-order chi connectivity index (χ0) is 9.26. The maximum Gasteiger partial charge on any atom is 0.143 e. The van der Waals surface area contributed by atoms with Crippen LogP contribution in [0.15, 0.2) is 12.7 Å². The van der Waals surface area contributed by atoms with E-state index in [0.29, 0.717) is 17.6 Å². The lowest BCUT2D eigenvalue weighted by molar-refractivity contribution is -0.125. The van der Waals surface area contributed by atoms with E-state index in [2.05, 4.69) is 6.58 Å². The van der Waals surface area contributed by atoms with Crippen molar-refractivity contribution in [1.82, 2.24) is 0 Å². The second-order valence-corrected chi connectivity index (χ2v) is 4.48. The average Bonchev–Trinajstić information content (AvgIpc) is 2.30. The highest BCUT2D eigenvalue weighted by atomic mass is 16.1. The van der Waals surface area contributed by atoms with Crippen molar-refractivity contribution in [3.8, 4) is 0 Å². The van der Waals surface area contributed by atoms with Crippen molar-refractivity contribution in [2.75, 3.05) is 0 Å². The minimum absolute atomic E-state index is 0.190. The summed E-state index contributed by atoms with van der Waals surface area (Å²) in [4.78, 5) is 12.0. The molecule has 1 atom stereocenters. The van der Waals surface area contributed by atoms with Crippen LogP contribution in [0, 0.1) is 17.8 Å². The monoisotopic (exact) mass is 178 g/mol. The van der Waals surface area contributed by atoms with E-state index in [-0.39, 0.29) is 5.92 Å². The van der Waals surface area contributed by atoms with Crippen molar-refractivity contribution in [2.24, 2.45) is 17.8 Å². The molecule has 0 amide bonds. The minimum atomic E-state index is 0.190. The van der Waals surface area contributed by atoms with E-state index in [0.717, 1.165) is 12.8 Å². The topological polar surface area (TPSA) is 17.1 Å². The van der Waals surface area contributed by atoms with Crippen LogP contribution in [0.1, 0.15) is 38.5 Å². The summed E-state index contributed by atoms with van der Waals surface area (Å²) < 4.78 is 0. The first kappa shape index (κ1) is 8.98. The lowest BCUT2D eigenvalue weighted by Crippen LogP contribution is -2.22. The highest BCUT2D eigenvalue weighted by Crippen LogP contribution is 2.39. The number of allylic oxidation sites excluding steroid dienone is 1. The van der Waals surface area contributed by atoms with E-state index in [1.165, 1.54) is 25.7 Å². The molecule has 0 spiro atoms. The Labute approximate surface area is 80.2 Å². The quantitative estimate of drug-likeness (QED) is 0.564. The van der Waals surface area contributed by atoms with E-state index in [1.807, 2.05) is 6.08 Å². The molecule has 0 aromatic heterocycles. The van der Waals surface area contributed by atoms with Crippen molar-refractivity contribution in [2.45, 2.75) is 38.5 Å². The zero-order valence-electron chi connectivity index (χ0n) is 8.17. The molecule has 1 nitrogen and oxygen atoms in total. The van der Waals surface area contributed by atoms with Crippen LogP contribution in [-0.4, -0.2) is 5.78 Å². The summed E-state index contributed by atoms with van der Waals surface area (Å²) in [6.07, 6.45) is 9.19. The third-order valence-electron chi connectivity index (χ3n) is 3.75. The van der Waals surface area contributed by atoms with Crippen LogP contribution in [0.25, 0.3) is 0 Å². The number of rotatable bonds is 1. The molecule has 2 fully saturated rings. The molecule has 72 valence electrons. The van der Waals surface area contributed by atoms with Gasteiger partial charge in [0.2, 0.25) is 0 Å². The summed E-state index contributed by atoms with van der Waals surface area (Å²) in [6.45, 7) is 3.82. The highest BCUT2D eigenvalue weighted by molar-refractivity contribution is 5.85. The van der Waals surface area contributed by atoms with Crippen LogP contribution >= 0.6 is 0 Å². The summed E-state index contributed by atoms with van der Waals surface area (Å²) in [5.74, 6) is 1.68. The number of fused-ring (bicyclic) bond motifs is 3. The highest BCUT2D eigenvalue weighted by Gasteiger charge is 2.35. The van der Waals surface area contributed by atoms with Crippen LogP contribution in [0.3, 0.4) is 0 Å². The molecular weight excluding hydrogens is 160 g/mol. The molecule has 1 unspecified atom stereocenters. The molecule has 2 rings (SSSR count). The standard InChI is InChI=1S/C12H18O/c1-2-11-9-5-3-7-10(12(11)13)8-4-6-9/h2,9-11H,1,3-8H2. The second kappa shape index (κ2) is 3.65. The largest absolute Gasteiger partial charge is 0.299 e. The van der Waals surface area contributed by atoms with E-state index >= 15 is 0 Å². The predicted molar refractivity (Wildman–Crippen MR) is 53.4 cm³/mol. The molecule has 1 heteroatoms. The zero-order valence-corrected chi connectivity index (χ0v) is 8.17. The Kier molecular flexibility index (Phi) is 2.52. The lowest BCUT2D eigenvalue weighted by Gasteiger charge is -2.18. The first-order chi connectivity index (χ1) is 6.33. The molecule has 0 heterocycles. The molecule has 2 saturated carbocycles. The molecule has 0 aliphatic heterocycles. The molecule has 0 saturated heterocycles. The molecule has 0 radical (unpaired) electrons. The van der Waals surface area contributed by atoms with Gasteiger partial charge in [-0.05, 0) is 31.6 Å². The molecule has 2 aliphatic carbocycles. The van der Waals surface area contributed by atoms with Gasteiger partial charge in [-0.15, -0.1) is 6.58 Å². The van der Waals surface area contributed by atoms with Crippen LogP contribution < -0.4 is 0 Å². The van der Waals surface area contributed by atoms with Gasteiger partial charge in [-0.3, -0.25) is 4.79 Å². The van der Waals surface area contributed by atoms with Gasteiger partial charge in [-0.25, -0.2) is 0 Å². The van der Waals surface area contributed by atoms with Gasteiger partial charge in [0.05, 0.1) is 0 Å². The van der Waals surface area contributed by atoms with E-state index in [1.54, 1.807) is 0 Å². The summed E-state index contributed by atoms with van der Waals surface area (Å²) in [7, 11) is 0. The van der Waals surface area contributed by atoms with Crippen molar-refractivity contribution in [3.63, 3.8) is 0 Å². The SMILES string of the molecule is C=CC1C(=O)C2CCCC1CCC2. The van der Waals surface area contributed by atoms with Crippen molar-refractivity contribution >= 4 is 5.78 Å². The summed E-state index contributed by atoms with van der Waals surface area (Å²) in [5, 5.41) is 0. The van der Waals surface area contributed by atoms with Crippen molar-refractivity contribution in [1.29, 1.82) is 0 Å². The average molecular weight is 178 g/mol. The Hall–Kier alpha value is -0.590. The Bertz CT molecular complexity index is 209. The summed E-state index contributed by atoms with van der Waals surface area (Å²) >= 11 is 0. The Morgan fingerprint density at radius 2 is 1.77 bits per heavy atom. The molecule has 0 aromatic rings. The first-order valence-electron chi connectivity index (χ1n) is 5.49. The van der Waals surface area contributed by atoms with Crippen LogP contribution in [-0.2, 0) is 4.79 Å². The minimum Gasteiger partial charge on any atom is -0.299 e. The molecule has 13 heavy (non-hydrogen) atoms. The number of carbonyl (C=O) groups excluding carboxylic acids is 1. The second-order valence-electron chi connectivity index (χ2n) is 4.48. The maximum absolute atomic E-state index is 12.0. The normalized spacial score (nSPS) is 39.7. The number of hydrogen-bond donors (Lipinski definition) is 0. The molecule has 0 aromatic carbocycles. The maximum atomic E-state index is 12.0. The third-order valence-corrected chi connectivity index (χ3v) is 3.75. The molecule has 0 N–H and O–H groups in total. The predicted octanol–water partition coefficient (Wildman–Crippen LogP) is 2.96. The fourth-order valence-electron chi connectivity index (χ4n) is 3.00. The van der Waals surface area contributed by atoms with Gasteiger partial charge in [0.15, 0.2) is 0 Å². The van der Waals surface area contributed by atoms with E-state index in [4.69, 9.17) is 0 Å². The van der Waals surface area contributed by atoms with E-state index < -0.39 is 0 Å². The van der Waals surface area contributed by atoms with Crippen LogP contribution in [0.2, 0.25) is 0 Å². The van der Waals surface area contributed by atoms with Gasteiger partial charge in [0, 0.05) is 11.8 Å². The van der Waals surface area contributed by atoms with E-state index in [9.17, 15) is 4.79 Å². The Balaban J connectivity index is 2.26. The first-order valence-corrected chi connectivity index (χ1v) is 5.49. The smallest absolute Gasteiger partial charge is 0.143 e. The Morgan fingerprint density at radius 3 is 2.31 bits per heavy atom. The van der Waals surface area contributed by atoms with Crippen molar-refractivity contribution in [3.05, 3.63) is 12.7 Å². The Morgan fingerprint density at radius 1 is 1.15 bits per heavy atom. The van der Waals surface area contributed by atoms with Gasteiger partial charge in [0.25, 0.3) is 0 Å².